The lowest BCUT2D eigenvalue weighted by molar-refractivity contribution is -0.188. The molecule has 6 heteroatoms. The molecule has 1 unspecified atom stereocenters. The van der Waals surface area contributed by atoms with Gasteiger partial charge in [-0.15, -0.1) is 0 Å². The number of hydrogen-bond acceptors (Lipinski definition) is 5. The molecule has 3 heterocycles. The summed E-state index contributed by atoms with van der Waals surface area (Å²) in [5, 5.41) is 2.91. The minimum absolute atomic E-state index is 0.0237. The summed E-state index contributed by atoms with van der Waals surface area (Å²) in [6, 6.07) is 3.51. The molecule has 6 nitrogen and oxygen atoms in total. The fourth-order valence-electron chi connectivity index (χ4n) is 2.94. The van der Waals surface area contributed by atoms with E-state index >= 15 is 0 Å². The van der Waals surface area contributed by atoms with E-state index in [0.29, 0.717) is 19.8 Å². The van der Waals surface area contributed by atoms with Crippen molar-refractivity contribution < 1.29 is 18.7 Å². The third-order valence-electron chi connectivity index (χ3n) is 4.32. The predicted octanol–water partition coefficient (Wildman–Crippen LogP) is 1.12. The predicted molar refractivity (Wildman–Crippen MR) is 75.5 cm³/mol. The first-order valence-corrected chi connectivity index (χ1v) is 7.51. The van der Waals surface area contributed by atoms with Gasteiger partial charge in [-0.3, -0.25) is 9.69 Å². The second-order valence-electron chi connectivity index (χ2n) is 5.62. The van der Waals surface area contributed by atoms with Crippen LogP contribution >= 0.6 is 0 Å². The van der Waals surface area contributed by atoms with Crippen LogP contribution in [0.1, 0.15) is 25.5 Å². The maximum atomic E-state index is 12.2. The molecule has 0 aliphatic carbocycles. The molecule has 2 aliphatic rings. The average molecular weight is 294 g/mol. The molecular formula is C15H22N2O4. The van der Waals surface area contributed by atoms with Crippen LogP contribution in [0, 0.1) is 0 Å². The van der Waals surface area contributed by atoms with Crippen LogP contribution in [0.3, 0.4) is 0 Å². The zero-order chi connectivity index (χ0) is 14.7. The lowest BCUT2D eigenvalue weighted by Gasteiger charge is -2.39. The Morgan fingerprint density at radius 1 is 1.38 bits per heavy atom. The van der Waals surface area contributed by atoms with E-state index in [1.807, 2.05) is 19.1 Å². The van der Waals surface area contributed by atoms with Crippen LogP contribution in [-0.2, 0) is 20.8 Å². The van der Waals surface area contributed by atoms with Crippen molar-refractivity contribution >= 4 is 5.91 Å². The van der Waals surface area contributed by atoms with E-state index in [4.69, 9.17) is 13.9 Å². The first kappa shape index (κ1) is 14.6. The van der Waals surface area contributed by atoms with Crippen LogP contribution in [0.25, 0.3) is 0 Å². The molecule has 2 aliphatic heterocycles. The molecule has 1 N–H and O–H groups in total. The summed E-state index contributed by atoms with van der Waals surface area (Å²) in [4.78, 5) is 14.4. The first-order chi connectivity index (χ1) is 10.2. The van der Waals surface area contributed by atoms with Gasteiger partial charge in [-0.2, -0.15) is 0 Å². The highest BCUT2D eigenvalue weighted by molar-refractivity contribution is 5.81. The number of carbonyl (C=O) groups is 1. The highest BCUT2D eigenvalue weighted by atomic mass is 16.7. The van der Waals surface area contributed by atoms with Crippen LogP contribution < -0.4 is 5.32 Å². The zero-order valence-electron chi connectivity index (χ0n) is 12.3. The van der Waals surface area contributed by atoms with Crippen molar-refractivity contribution in [3.8, 4) is 0 Å². The Kier molecular flexibility index (Phi) is 4.28. The van der Waals surface area contributed by atoms with Crippen molar-refractivity contribution in [3.05, 3.63) is 24.2 Å². The Labute approximate surface area is 124 Å². The van der Waals surface area contributed by atoms with Gasteiger partial charge < -0.3 is 19.2 Å². The van der Waals surface area contributed by atoms with E-state index in [0.717, 1.165) is 31.7 Å². The van der Waals surface area contributed by atoms with Gasteiger partial charge in [0.15, 0.2) is 5.79 Å². The SMILES string of the molecule is CC(C(=O)NCc1ccco1)N1CCC2(CC1)OCCO2. The summed E-state index contributed by atoms with van der Waals surface area (Å²) < 4.78 is 16.6. The lowest BCUT2D eigenvalue weighted by atomic mass is 10.0. The molecule has 1 amide bonds. The number of nitrogens with one attached hydrogen (secondary N) is 1. The van der Waals surface area contributed by atoms with Gasteiger partial charge in [0.25, 0.3) is 0 Å². The van der Waals surface area contributed by atoms with Gasteiger partial charge in [0.1, 0.15) is 5.76 Å². The number of nitrogens with zero attached hydrogens (tertiary/aromatic N) is 1. The van der Waals surface area contributed by atoms with Crippen molar-refractivity contribution in [2.45, 2.75) is 38.1 Å². The van der Waals surface area contributed by atoms with Crippen LogP contribution in [0.4, 0.5) is 0 Å². The van der Waals surface area contributed by atoms with Crippen LogP contribution in [0.2, 0.25) is 0 Å². The van der Waals surface area contributed by atoms with Gasteiger partial charge in [0.2, 0.25) is 5.91 Å². The lowest BCUT2D eigenvalue weighted by Crippen LogP contribution is -2.52. The molecule has 0 aromatic carbocycles. The minimum Gasteiger partial charge on any atom is -0.467 e. The Balaban J connectivity index is 1.46. The number of amides is 1. The van der Waals surface area contributed by atoms with Gasteiger partial charge >= 0.3 is 0 Å². The van der Waals surface area contributed by atoms with Crippen LogP contribution in [0.5, 0.6) is 0 Å². The molecule has 0 radical (unpaired) electrons. The quantitative estimate of drug-likeness (QED) is 0.901. The van der Waals surface area contributed by atoms with Crippen LogP contribution in [-0.4, -0.2) is 48.9 Å². The second kappa shape index (κ2) is 6.17. The number of hydrogen-bond donors (Lipinski definition) is 1. The molecule has 0 bridgehead atoms. The molecule has 1 aromatic rings. The zero-order valence-corrected chi connectivity index (χ0v) is 12.3. The average Bonchev–Trinajstić information content (AvgIpc) is 3.17. The number of carbonyl (C=O) groups excluding carboxylic acids is 1. The molecular weight excluding hydrogens is 272 g/mol. The summed E-state index contributed by atoms with van der Waals surface area (Å²) in [7, 11) is 0. The molecule has 116 valence electrons. The fourth-order valence-corrected chi connectivity index (χ4v) is 2.94. The molecule has 21 heavy (non-hydrogen) atoms. The third kappa shape index (κ3) is 3.28. The monoisotopic (exact) mass is 294 g/mol. The van der Waals surface area contributed by atoms with E-state index in [1.165, 1.54) is 0 Å². The van der Waals surface area contributed by atoms with E-state index in [9.17, 15) is 4.79 Å². The van der Waals surface area contributed by atoms with Crippen molar-refractivity contribution in [2.24, 2.45) is 0 Å². The Bertz CT molecular complexity index is 458. The van der Waals surface area contributed by atoms with Crippen molar-refractivity contribution in [1.82, 2.24) is 10.2 Å². The van der Waals surface area contributed by atoms with Crippen LogP contribution in [0.15, 0.2) is 22.8 Å². The number of ether oxygens (including phenoxy) is 2. The first-order valence-electron chi connectivity index (χ1n) is 7.51. The second-order valence-corrected chi connectivity index (χ2v) is 5.62. The summed E-state index contributed by atoms with van der Waals surface area (Å²) >= 11 is 0. The van der Waals surface area contributed by atoms with E-state index < -0.39 is 0 Å². The van der Waals surface area contributed by atoms with Crippen molar-refractivity contribution in [1.29, 1.82) is 0 Å². The van der Waals surface area contributed by atoms with E-state index in [2.05, 4.69) is 10.2 Å². The largest absolute Gasteiger partial charge is 0.467 e. The normalized spacial score (nSPS) is 23.3. The number of rotatable bonds is 4. The Hall–Kier alpha value is -1.37. The molecule has 1 aromatic heterocycles. The molecule has 0 saturated carbocycles. The van der Waals surface area contributed by atoms with Gasteiger partial charge in [-0.05, 0) is 19.1 Å². The minimum atomic E-state index is -0.388. The van der Waals surface area contributed by atoms with Gasteiger partial charge in [-0.1, -0.05) is 0 Å². The molecule has 1 atom stereocenters. The molecule has 2 saturated heterocycles. The summed E-state index contributed by atoms with van der Waals surface area (Å²) in [6.07, 6.45) is 3.25. The number of piperidine rings is 1. The maximum absolute atomic E-state index is 12.2. The summed E-state index contributed by atoms with van der Waals surface area (Å²) in [5.41, 5.74) is 0. The third-order valence-corrected chi connectivity index (χ3v) is 4.32. The number of likely N-dealkylation sites (tertiary alicyclic amines) is 1. The Morgan fingerprint density at radius 3 is 2.71 bits per heavy atom. The van der Waals surface area contributed by atoms with Gasteiger partial charge in [0.05, 0.1) is 32.1 Å². The summed E-state index contributed by atoms with van der Waals surface area (Å²) in [5.74, 6) is 0.400. The fraction of sp³-hybridized carbons (Fsp3) is 0.667. The molecule has 2 fully saturated rings. The Morgan fingerprint density at radius 2 is 2.10 bits per heavy atom. The van der Waals surface area contributed by atoms with Gasteiger partial charge in [-0.25, -0.2) is 0 Å². The van der Waals surface area contributed by atoms with Gasteiger partial charge in [0, 0.05) is 25.9 Å². The maximum Gasteiger partial charge on any atom is 0.237 e. The van der Waals surface area contributed by atoms with Crippen molar-refractivity contribution in [3.63, 3.8) is 0 Å². The summed E-state index contributed by atoms with van der Waals surface area (Å²) in [6.45, 7) is 5.36. The molecule has 1 spiro atoms. The highest BCUT2D eigenvalue weighted by Gasteiger charge is 2.41. The van der Waals surface area contributed by atoms with E-state index in [1.54, 1.807) is 6.26 Å². The highest BCUT2D eigenvalue weighted by Crippen LogP contribution is 2.31. The number of furan rings is 1. The smallest absolute Gasteiger partial charge is 0.237 e. The molecule has 3 rings (SSSR count). The standard InChI is InChI=1S/C15H22N2O4/c1-12(14(18)16-11-13-3-2-8-19-13)17-6-4-15(5-7-17)20-9-10-21-15/h2-3,8,12H,4-7,9-11H2,1H3,(H,16,18). The van der Waals surface area contributed by atoms with Crippen molar-refractivity contribution in [2.75, 3.05) is 26.3 Å². The topological polar surface area (TPSA) is 63.9 Å². The van der Waals surface area contributed by atoms with E-state index in [-0.39, 0.29) is 17.7 Å².